The molecule has 0 atom stereocenters. The predicted molar refractivity (Wildman–Crippen MR) is 114 cm³/mol. The highest BCUT2D eigenvalue weighted by Gasteiger charge is 2.09. The first-order chi connectivity index (χ1) is 14.2. The van der Waals surface area contributed by atoms with Crippen LogP contribution < -0.4 is 19.5 Å². The minimum absolute atomic E-state index is 0.201. The van der Waals surface area contributed by atoms with Crippen molar-refractivity contribution in [3.63, 3.8) is 0 Å². The van der Waals surface area contributed by atoms with Crippen molar-refractivity contribution in [2.24, 2.45) is 0 Å². The van der Waals surface area contributed by atoms with Gasteiger partial charge in [0.2, 0.25) is 0 Å². The van der Waals surface area contributed by atoms with Crippen molar-refractivity contribution >= 4 is 11.6 Å². The molecular formula is C24H25NO4. The third-order valence-corrected chi connectivity index (χ3v) is 4.29. The summed E-state index contributed by atoms with van der Waals surface area (Å²) in [5.41, 5.74) is 2.36. The fraction of sp³-hybridized carbons (Fsp3) is 0.208. The van der Waals surface area contributed by atoms with Crippen LogP contribution in [0.3, 0.4) is 0 Å². The number of benzene rings is 3. The molecule has 3 aromatic rings. The van der Waals surface area contributed by atoms with Crippen molar-refractivity contribution in [2.75, 3.05) is 25.6 Å². The number of hydrogen-bond acceptors (Lipinski definition) is 4. The van der Waals surface area contributed by atoms with Crippen LogP contribution in [0.1, 0.15) is 22.3 Å². The second-order valence-electron chi connectivity index (χ2n) is 6.55. The smallest absolute Gasteiger partial charge is 0.255 e. The average Bonchev–Trinajstić information content (AvgIpc) is 2.74. The Balaban J connectivity index is 1.44. The van der Waals surface area contributed by atoms with E-state index in [4.69, 9.17) is 14.2 Å². The lowest BCUT2D eigenvalue weighted by Crippen LogP contribution is -2.12. The van der Waals surface area contributed by atoms with E-state index in [1.807, 2.05) is 43.3 Å². The Morgan fingerprint density at radius 1 is 0.862 bits per heavy atom. The molecule has 5 nitrogen and oxygen atoms in total. The van der Waals surface area contributed by atoms with E-state index in [0.29, 0.717) is 30.2 Å². The highest BCUT2D eigenvalue weighted by Crippen LogP contribution is 2.24. The molecule has 0 aromatic heterocycles. The lowest BCUT2D eigenvalue weighted by molar-refractivity contribution is 0.102. The quantitative estimate of drug-likeness (QED) is 0.515. The molecule has 0 aliphatic heterocycles. The van der Waals surface area contributed by atoms with Crippen molar-refractivity contribution < 1.29 is 19.0 Å². The van der Waals surface area contributed by atoms with Crippen LogP contribution in [0, 0.1) is 6.92 Å². The first-order valence-corrected chi connectivity index (χ1v) is 9.52. The molecule has 0 aliphatic carbocycles. The van der Waals surface area contributed by atoms with E-state index < -0.39 is 0 Å². The number of methoxy groups -OCH3 is 1. The molecule has 0 saturated heterocycles. The van der Waals surface area contributed by atoms with E-state index in [1.54, 1.807) is 43.5 Å². The summed E-state index contributed by atoms with van der Waals surface area (Å²) < 4.78 is 16.7. The Kier molecular flexibility index (Phi) is 7.11. The zero-order valence-corrected chi connectivity index (χ0v) is 16.7. The van der Waals surface area contributed by atoms with Gasteiger partial charge in [0.25, 0.3) is 5.91 Å². The Bertz CT molecular complexity index is 938. The standard InChI is InChI=1S/C24H25NO4/c1-18-7-5-8-21(17-18)29-16-6-15-28-20-13-11-19(12-14-20)24(26)25-22-9-3-4-10-23(22)27-2/h3-5,7-14,17H,6,15-16H2,1-2H3,(H,25,26). The van der Waals surface area contributed by atoms with Gasteiger partial charge >= 0.3 is 0 Å². The van der Waals surface area contributed by atoms with E-state index in [9.17, 15) is 4.79 Å². The molecule has 0 aliphatic rings. The molecule has 0 unspecified atom stereocenters. The molecule has 0 saturated carbocycles. The first kappa shape index (κ1) is 20.3. The van der Waals surface area contributed by atoms with Crippen molar-refractivity contribution in [2.45, 2.75) is 13.3 Å². The molecule has 1 amide bonds. The number of aryl methyl sites for hydroxylation is 1. The number of ether oxygens (including phenoxy) is 3. The Morgan fingerprint density at radius 2 is 1.59 bits per heavy atom. The van der Waals surface area contributed by atoms with Crippen LogP contribution in [-0.4, -0.2) is 26.2 Å². The molecule has 0 fully saturated rings. The second-order valence-corrected chi connectivity index (χ2v) is 6.55. The summed E-state index contributed by atoms with van der Waals surface area (Å²) in [7, 11) is 1.57. The van der Waals surface area contributed by atoms with E-state index in [-0.39, 0.29) is 5.91 Å². The third kappa shape index (κ3) is 6.01. The van der Waals surface area contributed by atoms with Gasteiger partial charge in [0.15, 0.2) is 0 Å². The number of carbonyl (C=O) groups is 1. The summed E-state index contributed by atoms with van der Waals surface area (Å²) in [6.45, 7) is 3.16. The topological polar surface area (TPSA) is 56.8 Å². The van der Waals surface area contributed by atoms with Crippen molar-refractivity contribution in [3.8, 4) is 17.2 Å². The minimum atomic E-state index is -0.201. The molecule has 150 valence electrons. The van der Waals surface area contributed by atoms with Crippen LogP contribution in [0.4, 0.5) is 5.69 Å². The first-order valence-electron chi connectivity index (χ1n) is 9.52. The minimum Gasteiger partial charge on any atom is -0.495 e. The molecule has 29 heavy (non-hydrogen) atoms. The predicted octanol–water partition coefficient (Wildman–Crippen LogP) is 5.10. The van der Waals surface area contributed by atoms with Gasteiger partial charge in [-0.15, -0.1) is 0 Å². The van der Waals surface area contributed by atoms with Gasteiger partial charge < -0.3 is 19.5 Å². The maximum absolute atomic E-state index is 12.4. The summed E-state index contributed by atoms with van der Waals surface area (Å²) in [6, 6.07) is 22.3. The molecule has 0 spiro atoms. The molecule has 0 bridgehead atoms. The van der Waals surface area contributed by atoms with E-state index >= 15 is 0 Å². The largest absolute Gasteiger partial charge is 0.495 e. The fourth-order valence-corrected chi connectivity index (χ4v) is 2.79. The number of carbonyl (C=O) groups excluding carboxylic acids is 1. The number of para-hydroxylation sites is 2. The second kappa shape index (κ2) is 10.2. The molecule has 3 rings (SSSR count). The maximum Gasteiger partial charge on any atom is 0.255 e. The lowest BCUT2D eigenvalue weighted by atomic mass is 10.2. The summed E-state index contributed by atoms with van der Waals surface area (Å²) >= 11 is 0. The molecular weight excluding hydrogens is 366 g/mol. The van der Waals surface area contributed by atoms with Gasteiger partial charge in [0.05, 0.1) is 26.0 Å². The monoisotopic (exact) mass is 391 g/mol. The Hall–Kier alpha value is -3.47. The molecule has 3 aromatic carbocycles. The van der Waals surface area contributed by atoms with Gasteiger partial charge in [-0.25, -0.2) is 0 Å². The van der Waals surface area contributed by atoms with E-state index in [2.05, 4.69) is 5.32 Å². The lowest BCUT2D eigenvalue weighted by Gasteiger charge is -2.11. The summed E-state index contributed by atoms with van der Waals surface area (Å²) in [6.07, 6.45) is 0.768. The normalized spacial score (nSPS) is 10.3. The van der Waals surface area contributed by atoms with Gasteiger partial charge in [-0.05, 0) is 61.0 Å². The summed E-state index contributed by atoms with van der Waals surface area (Å²) in [4.78, 5) is 12.4. The Labute approximate surface area is 171 Å². The van der Waals surface area contributed by atoms with Gasteiger partial charge in [-0.3, -0.25) is 4.79 Å². The van der Waals surface area contributed by atoms with Crippen molar-refractivity contribution in [1.29, 1.82) is 0 Å². The van der Waals surface area contributed by atoms with Crippen molar-refractivity contribution in [3.05, 3.63) is 83.9 Å². The average molecular weight is 391 g/mol. The highest BCUT2D eigenvalue weighted by molar-refractivity contribution is 6.05. The van der Waals surface area contributed by atoms with Crippen molar-refractivity contribution in [1.82, 2.24) is 0 Å². The van der Waals surface area contributed by atoms with E-state index in [1.165, 1.54) is 5.56 Å². The number of hydrogen-bond donors (Lipinski definition) is 1. The number of amides is 1. The van der Waals surface area contributed by atoms with Crippen LogP contribution in [0.25, 0.3) is 0 Å². The maximum atomic E-state index is 12.4. The van der Waals surface area contributed by atoms with Gasteiger partial charge in [0, 0.05) is 12.0 Å². The van der Waals surface area contributed by atoms with Crippen LogP contribution >= 0.6 is 0 Å². The number of nitrogens with one attached hydrogen (secondary N) is 1. The van der Waals surface area contributed by atoms with Crippen LogP contribution in [0.5, 0.6) is 17.2 Å². The number of rotatable bonds is 9. The van der Waals surface area contributed by atoms with Crippen LogP contribution in [0.2, 0.25) is 0 Å². The van der Waals surface area contributed by atoms with Gasteiger partial charge in [0.1, 0.15) is 17.2 Å². The van der Waals surface area contributed by atoms with Gasteiger partial charge in [-0.1, -0.05) is 24.3 Å². The fourth-order valence-electron chi connectivity index (χ4n) is 2.79. The zero-order valence-electron chi connectivity index (χ0n) is 16.7. The molecule has 0 radical (unpaired) electrons. The van der Waals surface area contributed by atoms with Crippen LogP contribution in [0.15, 0.2) is 72.8 Å². The highest BCUT2D eigenvalue weighted by atomic mass is 16.5. The molecule has 0 heterocycles. The Morgan fingerprint density at radius 3 is 2.31 bits per heavy atom. The number of anilines is 1. The van der Waals surface area contributed by atoms with E-state index in [0.717, 1.165) is 17.9 Å². The zero-order chi connectivity index (χ0) is 20.5. The molecule has 5 heteroatoms. The third-order valence-electron chi connectivity index (χ3n) is 4.29. The summed E-state index contributed by atoms with van der Waals surface area (Å²) in [5.74, 6) is 2.01. The van der Waals surface area contributed by atoms with Gasteiger partial charge in [-0.2, -0.15) is 0 Å². The summed E-state index contributed by atoms with van der Waals surface area (Å²) in [5, 5.41) is 2.86. The van der Waals surface area contributed by atoms with Crippen LogP contribution in [-0.2, 0) is 0 Å². The molecule has 1 N–H and O–H groups in total. The SMILES string of the molecule is COc1ccccc1NC(=O)c1ccc(OCCCOc2cccc(C)c2)cc1.